The second-order valence-electron chi connectivity index (χ2n) is 4.67. The van der Waals surface area contributed by atoms with Crippen molar-refractivity contribution in [2.24, 2.45) is 5.73 Å². The Hall–Kier alpha value is -1.49. The average molecular weight is 296 g/mol. The fraction of sp³-hybridized carbons (Fsp3) is 0.333. The zero-order valence-electron chi connectivity index (χ0n) is 11.5. The van der Waals surface area contributed by atoms with Crippen LogP contribution in [-0.4, -0.2) is 18.8 Å². The van der Waals surface area contributed by atoms with E-state index in [1.165, 1.54) is 0 Å². The Morgan fingerprint density at radius 2 is 2.10 bits per heavy atom. The van der Waals surface area contributed by atoms with Crippen LogP contribution in [0.25, 0.3) is 0 Å². The van der Waals surface area contributed by atoms with Crippen molar-refractivity contribution in [2.75, 3.05) is 13.7 Å². The lowest BCUT2D eigenvalue weighted by molar-refractivity contribution is 0.121. The van der Waals surface area contributed by atoms with Gasteiger partial charge in [-0.15, -0.1) is 0 Å². The van der Waals surface area contributed by atoms with Crippen LogP contribution in [0.2, 0.25) is 5.22 Å². The molecule has 2 atom stereocenters. The highest BCUT2D eigenvalue weighted by Gasteiger charge is 2.27. The number of aliphatic hydroxyl groups is 1. The van der Waals surface area contributed by atoms with Crippen LogP contribution < -0.4 is 10.5 Å². The Balaban J connectivity index is 2.39. The molecule has 20 heavy (non-hydrogen) atoms. The van der Waals surface area contributed by atoms with Gasteiger partial charge in [-0.3, -0.25) is 0 Å². The van der Waals surface area contributed by atoms with Gasteiger partial charge in [0.05, 0.1) is 7.11 Å². The predicted octanol–water partition coefficient (Wildman–Crippen LogP) is 3.03. The van der Waals surface area contributed by atoms with Gasteiger partial charge in [0, 0.05) is 18.0 Å². The van der Waals surface area contributed by atoms with Crippen molar-refractivity contribution in [3.63, 3.8) is 0 Å². The van der Waals surface area contributed by atoms with Crippen molar-refractivity contribution in [3.05, 3.63) is 52.4 Å². The predicted molar refractivity (Wildman–Crippen MR) is 78.2 cm³/mol. The minimum Gasteiger partial charge on any atom is -0.496 e. The summed E-state index contributed by atoms with van der Waals surface area (Å²) in [5.41, 5.74) is 7.76. The molecule has 108 valence electrons. The quantitative estimate of drug-likeness (QED) is 0.889. The standard InChI is InChI=1S/C15H18ClNO3/c1-9-3-4-12(19-2)10(7-9)11(8-17)15(18)13-5-6-14(16)20-13/h3-7,11,15,18H,8,17H2,1-2H3. The fourth-order valence-electron chi connectivity index (χ4n) is 2.26. The number of hydrogen-bond acceptors (Lipinski definition) is 4. The minimum absolute atomic E-state index is 0.242. The molecule has 3 N–H and O–H groups in total. The van der Waals surface area contributed by atoms with E-state index in [2.05, 4.69) is 0 Å². The van der Waals surface area contributed by atoms with Gasteiger partial charge in [-0.2, -0.15) is 0 Å². The van der Waals surface area contributed by atoms with Crippen molar-refractivity contribution in [3.8, 4) is 5.75 Å². The molecular weight excluding hydrogens is 278 g/mol. The maximum atomic E-state index is 10.5. The fourth-order valence-corrected chi connectivity index (χ4v) is 2.41. The highest BCUT2D eigenvalue weighted by atomic mass is 35.5. The van der Waals surface area contributed by atoms with Gasteiger partial charge in [0.15, 0.2) is 5.22 Å². The van der Waals surface area contributed by atoms with Crippen LogP contribution in [-0.2, 0) is 0 Å². The number of rotatable bonds is 5. The molecule has 2 unspecified atom stereocenters. The van der Waals surface area contributed by atoms with E-state index in [4.69, 9.17) is 26.5 Å². The Morgan fingerprint density at radius 1 is 1.35 bits per heavy atom. The molecule has 4 nitrogen and oxygen atoms in total. The van der Waals surface area contributed by atoms with Crippen molar-refractivity contribution >= 4 is 11.6 Å². The third-order valence-corrected chi connectivity index (χ3v) is 3.51. The summed E-state index contributed by atoms with van der Waals surface area (Å²) in [4.78, 5) is 0. The number of nitrogens with two attached hydrogens (primary N) is 1. The van der Waals surface area contributed by atoms with Crippen molar-refractivity contribution in [1.82, 2.24) is 0 Å². The van der Waals surface area contributed by atoms with E-state index in [0.29, 0.717) is 11.5 Å². The van der Waals surface area contributed by atoms with Gasteiger partial charge >= 0.3 is 0 Å². The number of aryl methyl sites for hydroxylation is 1. The molecule has 1 aromatic heterocycles. The number of aliphatic hydroxyl groups excluding tert-OH is 1. The van der Waals surface area contributed by atoms with E-state index in [1.807, 2.05) is 25.1 Å². The van der Waals surface area contributed by atoms with Crippen LogP contribution in [0.3, 0.4) is 0 Å². The molecule has 0 spiro atoms. The number of methoxy groups -OCH3 is 1. The van der Waals surface area contributed by atoms with Crippen LogP contribution in [0.5, 0.6) is 5.75 Å². The topological polar surface area (TPSA) is 68.6 Å². The molecule has 1 aromatic carbocycles. The summed E-state index contributed by atoms with van der Waals surface area (Å²) in [5, 5.41) is 10.7. The number of halogens is 1. The zero-order valence-corrected chi connectivity index (χ0v) is 12.2. The van der Waals surface area contributed by atoms with Crippen LogP contribution >= 0.6 is 11.6 Å². The molecule has 0 aliphatic rings. The maximum Gasteiger partial charge on any atom is 0.193 e. The van der Waals surface area contributed by atoms with E-state index in [0.717, 1.165) is 11.1 Å². The lowest BCUT2D eigenvalue weighted by Crippen LogP contribution is -2.20. The van der Waals surface area contributed by atoms with E-state index >= 15 is 0 Å². The van der Waals surface area contributed by atoms with Gasteiger partial charge in [-0.05, 0) is 36.7 Å². The monoisotopic (exact) mass is 295 g/mol. The summed E-state index contributed by atoms with van der Waals surface area (Å²) in [6.07, 6.45) is -0.872. The van der Waals surface area contributed by atoms with Gasteiger partial charge in [-0.25, -0.2) is 0 Å². The molecule has 0 amide bonds. The molecule has 2 rings (SSSR count). The summed E-state index contributed by atoms with van der Waals surface area (Å²) < 4.78 is 10.6. The molecule has 0 fully saturated rings. The number of ether oxygens (including phenoxy) is 1. The summed E-state index contributed by atoms with van der Waals surface area (Å²) in [6.45, 7) is 2.24. The van der Waals surface area contributed by atoms with E-state index in [9.17, 15) is 5.11 Å². The minimum atomic E-state index is -0.872. The lowest BCUT2D eigenvalue weighted by Gasteiger charge is -2.22. The Labute approximate surface area is 123 Å². The van der Waals surface area contributed by atoms with Gasteiger partial charge in [-0.1, -0.05) is 17.7 Å². The summed E-state index contributed by atoms with van der Waals surface area (Å²) >= 11 is 5.75. The molecule has 1 heterocycles. The SMILES string of the molecule is COc1ccc(C)cc1C(CN)C(O)c1ccc(Cl)o1. The second kappa shape index (κ2) is 6.31. The molecule has 0 radical (unpaired) electrons. The first-order chi connectivity index (χ1) is 9.56. The maximum absolute atomic E-state index is 10.5. The van der Waals surface area contributed by atoms with Crippen molar-refractivity contribution in [1.29, 1.82) is 0 Å². The first-order valence-corrected chi connectivity index (χ1v) is 6.72. The molecule has 2 aromatic rings. The Bertz CT molecular complexity index is 582. The zero-order chi connectivity index (χ0) is 14.7. The second-order valence-corrected chi connectivity index (χ2v) is 5.05. The molecule has 0 saturated carbocycles. The van der Waals surface area contributed by atoms with E-state index in [-0.39, 0.29) is 17.7 Å². The van der Waals surface area contributed by atoms with Gasteiger partial charge in [0.25, 0.3) is 0 Å². The van der Waals surface area contributed by atoms with Gasteiger partial charge in [0.1, 0.15) is 17.6 Å². The summed E-state index contributed by atoms with van der Waals surface area (Å²) in [6, 6.07) is 9.03. The third-order valence-electron chi connectivity index (χ3n) is 3.31. The summed E-state index contributed by atoms with van der Waals surface area (Å²) in [7, 11) is 1.60. The van der Waals surface area contributed by atoms with Crippen molar-refractivity contribution in [2.45, 2.75) is 18.9 Å². The van der Waals surface area contributed by atoms with E-state index < -0.39 is 6.10 Å². The van der Waals surface area contributed by atoms with Gasteiger partial charge < -0.3 is 20.0 Å². The number of furan rings is 1. The first-order valence-electron chi connectivity index (χ1n) is 6.34. The average Bonchev–Trinajstić information content (AvgIpc) is 2.86. The molecule has 0 aliphatic heterocycles. The largest absolute Gasteiger partial charge is 0.496 e. The highest BCUT2D eigenvalue weighted by molar-refractivity contribution is 6.28. The normalized spacial score (nSPS) is 14.1. The van der Waals surface area contributed by atoms with Crippen LogP contribution in [0.15, 0.2) is 34.7 Å². The van der Waals surface area contributed by atoms with Gasteiger partial charge in [0.2, 0.25) is 0 Å². The molecule has 5 heteroatoms. The highest BCUT2D eigenvalue weighted by Crippen LogP contribution is 2.37. The molecule has 0 aliphatic carbocycles. The van der Waals surface area contributed by atoms with E-state index in [1.54, 1.807) is 19.2 Å². The third kappa shape index (κ3) is 2.98. The molecule has 0 bridgehead atoms. The van der Waals surface area contributed by atoms with Crippen molar-refractivity contribution < 1.29 is 14.3 Å². The number of hydrogen-bond donors (Lipinski definition) is 2. The molecular formula is C15H18ClNO3. The number of benzene rings is 1. The molecule has 0 saturated heterocycles. The van der Waals surface area contributed by atoms with Crippen LogP contribution in [0.4, 0.5) is 0 Å². The Morgan fingerprint density at radius 3 is 2.65 bits per heavy atom. The summed E-state index contributed by atoms with van der Waals surface area (Å²) in [5.74, 6) is 0.767. The lowest BCUT2D eigenvalue weighted by atomic mass is 9.90. The Kier molecular flexibility index (Phi) is 4.70. The van der Waals surface area contributed by atoms with Crippen LogP contribution in [0, 0.1) is 6.92 Å². The first kappa shape index (κ1) is 14.9. The van der Waals surface area contributed by atoms with Crippen LogP contribution in [0.1, 0.15) is 28.9 Å². The smallest absolute Gasteiger partial charge is 0.193 e.